The quantitative estimate of drug-likeness (QED) is 0.927. The first kappa shape index (κ1) is 14.4. The van der Waals surface area contributed by atoms with Crippen molar-refractivity contribution < 1.29 is 9.53 Å². The summed E-state index contributed by atoms with van der Waals surface area (Å²) >= 11 is 0. The molecule has 4 nitrogen and oxygen atoms in total. The molecule has 1 aromatic carbocycles. The van der Waals surface area contributed by atoms with Gasteiger partial charge in [-0.3, -0.25) is 4.79 Å². The van der Waals surface area contributed by atoms with Crippen LogP contribution in [0.2, 0.25) is 0 Å². The molecule has 1 aliphatic carbocycles. The third-order valence-corrected chi connectivity index (χ3v) is 5.01. The summed E-state index contributed by atoms with van der Waals surface area (Å²) in [5, 5.41) is 0. The summed E-state index contributed by atoms with van der Waals surface area (Å²) in [6.45, 7) is 1.13. The van der Waals surface area contributed by atoms with E-state index in [1.54, 1.807) is 0 Å². The molecule has 1 heterocycles. The van der Waals surface area contributed by atoms with Gasteiger partial charge in [-0.15, -0.1) is 0 Å². The number of hydrogen-bond acceptors (Lipinski definition) is 3. The molecule has 2 aliphatic rings. The topological polar surface area (TPSA) is 55.6 Å². The number of nitrogens with two attached hydrogens (primary N) is 1. The van der Waals surface area contributed by atoms with Crippen LogP contribution in [0.5, 0.6) is 5.75 Å². The zero-order valence-electron chi connectivity index (χ0n) is 12.6. The van der Waals surface area contributed by atoms with Crippen LogP contribution in [0.15, 0.2) is 24.3 Å². The lowest BCUT2D eigenvalue weighted by Gasteiger charge is -2.38. The van der Waals surface area contributed by atoms with Gasteiger partial charge in [-0.25, -0.2) is 0 Å². The van der Waals surface area contributed by atoms with Crippen molar-refractivity contribution in [2.75, 3.05) is 20.2 Å². The minimum atomic E-state index is -0.161. The lowest BCUT2D eigenvalue weighted by atomic mass is 9.83. The molecule has 2 N–H and O–H groups in total. The standard InChI is InChI=1S/C17H24N2O2/c1-19(15-8-4-2-6-12(15)10-18)17(20)14-11-21-16-9-5-3-7-13(14)16/h3,5,7,9,12,14-15H,2,4,6,8,10-11,18H2,1H3. The Labute approximate surface area is 126 Å². The monoisotopic (exact) mass is 288 g/mol. The number of fused-ring (bicyclic) bond motifs is 1. The summed E-state index contributed by atoms with van der Waals surface area (Å²) in [4.78, 5) is 14.8. The Morgan fingerprint density at radius 1 is 1.33 bits per heavy atom. The summed E-state index contributed by atoms with van der Waals surface area (Å²) in [6, 6.07) is 8.13. The summed E-state index contributed by atoms with van der Waals surface area (Å²) in [5.41, 5.74) is 6.92. The van der Waals surface area contributed by atoms with Gasteiger partial charge in [0.1, 0.15) is 18.3 Å². The van der Waals surface area contributed by atoms with E-state index < -0.39 is 0 Å². The van der Waals surface area contributed by atoms with Gasteiger partial charge in [0.15, 0.2) is 0 Å². The number of amides is 1. The summed E-state index contributed by atoms with van der Waals surface area (Å²) in [7, 11) is 1.93. The Bertz CT molecular complexity index is 517. The normalized spacial score (nSPS) is 27.8. The second kappa shape index (κ2) is 6.06. The van der Waals surface area contributed by atoms with Crippen molar-refractivity contribution in [2.45, 2.75) is 37.6 Å². The predicted octanol–water partition coefficient (Wildman–Crippen LogP) is 2.14. The molecular formula is C17H24N2O2. The first-order valence-electron chi connectivity index (χ1n) is 7.91. The Morgan fingerprint density at radius 2 is 2.10 bits per heavy atom. The van der Waals surface area contributed by atoms with E-state index in [0.29, 0.717) is 19.1 Å². The second-order valence-corrected chi connectivity index (χ2v) is 6.20. The highest BCUT2D eigenvalue weighted by atomic mass is 16.5. The van der Waals surface area contributed by atoms with E-state index in [2.05, 4.69) is 0 Å². The van der Waals surface area contributed by atoms with E-state index in [-0.39, 0.29) is 17.9 Å². The molecule has 21 heavy (non-hydrogen) atoms. The summed E-state index contributed by atoms with van der Waals surface area (Å²) in [6.07, 6.45) is 4.63. The third kappa shape index (κ3) is 2.64. The Morgan fingerprint density at radius 3 is 2.90 bits per heavy atom. The van der Waals surface area contributed by atoms with Gasteiger partial charge in [0.25, 0.3) is 0 Å². The van der Waals surface area contributed by atoms with Gasteiger partial charge in [0.2, 0.25) is 5.91 Å². The van der Waals surface area contributed by atoms with Crippen LogP contribution in [0.3, 0.4) is 0 Å². The SMILES string of the molecule is CN(C(=O)C1COc2ccccc21)C1CCCCC1CN. The molecule has 3 unspecified atom stereocenters. The highest BCUT2D eigenvalue weighted by Crippen LogP contribution is 2.36. The van der Waals surface area contributed by atoms with Crippen molar-refractivity contribution in [2.24, 2.45) is 11.7 Å². The van der Waals surface area contributed by atoms with E-state index in [4.69, 9.17) is 10.5 Å². The van der Waals surface area contributed by atoms with Crippen molar-refractivity contribution in [3.8, 4) is 5.75 Å². The molecule has 1 fully saturated rings. The van der Waals surface area contributed by atoms with Crippen molar-refractivity contribution in [1.82, 2.24) is 4.90 Å². The van der Waals surface area contributed by atoms with Crippen LogP contribution >= 0.6 is 0 Å². The van der Waals surface area contributed by atoms with Gasteiger partial charge in [0, 0.05) is 18.7 Å². The van der Waals surface area contributed by atoms with E-state index >= 15 is 0 Å². The Kier molecular flexibility index (Phi) is 4.15. The smallest absolute Gasteiger partial charge is 0.233 e. The number of hydrogen-bond donors (Lipinski definition) is 1. The van der Waals surface area contributed by atoms with Crippen LogP contribution in [-0.2, 0) is 4.79 Å². The maximum Gasteiger partial charge on any atom is 0.233 e. The zero-order chi connectivity index (χ0) is 14.8. The fraction of sp³-hybridized carbons (Fsp3) is 0.588. The number of rotatable bonds is 3. The molecule has 0 spiro atoms. The highest BCUT2D eigenvalue weighted by Gasteiger charge is 2.36. The number of carbonyl (C=O) groups excluding carboxylic acids is 1. The van der Waals surface area contributed by atoms with Crippen LogP contribution < -0.4 is 10.5 Å². The van der Waals surface area contributed by atoms with Crippen molar-refractivity contribution in [3.63, 3.8) is 0 Å². The first-order chi connectivity index (χ1) is 10.2. The molecule has 1 amide bonds. The minimum Gasteiger partial charge on any atom is -0.492 e. The lowest BCUT2D eigenvalue weighted by Crippen LogP contribution is -2.47. The second-order valence-electron chi connectivity index (χ2n) is 6.20. The third-order valence-electron chi connectivity index (χ3n) is 5.01. The van der Waals surface area contributed by atoms with Gasteiger partial charge >= 0.3 is 0 Å². The molecule has 0 saturated heterocycles. The lowest BCUT2D eigenvalue weighted by molar-refractivity contribution is -0.135. The van der Waals surface area contributed by atoms with Gasteiger partial charge in [0.05, 0.1) is 0 Å². The number of benzene rings is 1. The predicted molar refractivity (Wildman–Crippen MR) is 82.2 cm³/mol. The van der Waals surface area contributed by atoms with Crippen LogP contribution in [0.1, 0.15) is 37.2 Å². The molecule has 0 radical (unpaired) electrons. The van der Waals surface area contributed by atoms with Crippen LogP contribution in [-0.4, -0.2) is 37.0 Å². The maximum absolute atomic E-state index is 12.9. The molecule has 0 bridgehead atoms. The van der Waals surface area contributed by atoms with E-state index in [1.807, 2.05) is 36.2 Å². The van der Waals surface area contributed by atoms with Gasteiger partial charge < -0.3 is 15.4 Å². The largest absolute Gasteiger partial charge is 0.492 e. The summed E-state index contributed by atoms with van der Waals surface area (Å²) < 4.78 is 5.65. The van der Waals surface area contributed by atoms with Crippen LogP contribution in [0, 0.1) is 5.92 Å². The number of ether oxygens (including phenoxy) is 1. The molecule has 3 rings (SSSR count). The fourth-order valence-electron chi connectivity index (χ4n) is 3.75. The fourth-order valence-corrected chi connectivity index (χ4v) is 3.75. The van der Waals surface area contributed by atoms with Crippen LogP contribution in [0.25, 0.3) is 0 Å². The minimum absolute atomic E-state index is 0.161. The van der Waals surface area contributed by atoms with Crippen molar-refractivity contribution >= 4 is 5.91 Å². The maximum atomic E-state index is 12.9. The molecule has 114 valence electrons. The molecule has 1 saturated carbocycles. The Hall–Kier alpha value is -1.55. The summed E-state index contributed by atoms with van der Waals surface area (Å²) in [5.74, 6) is 1.30. The molecular weight excluding hydrogens is 264 g/mol. The zero-order valence-corrected chi connectivity index (χ0v) is 12.6. The molecule has 1 aliphatic heterocycles. The van der Waals surface area contributed by atoms with Crippen molar-refractivity contribution in [3.05, 3.63) is 29.8 Å². The molecule has 4 heteroatoms. The average molecular weight is 288 g/mol. The number of para-hydroxylation sites is 1. The van der Waals surface area contributed by atoms with Gasteiger partial charge in [-0.2, -0.15) is 0 Å². The molecule has 1 aromatic rings. The Balaban J connectivity index is 1.76. The molecule has 3 atom stereocenters. The van der Waals surface area contributed by atoms with E-state index in [9.17, 15) is 4.79 Å². The van der Waals surface area contributed by atoms with Crippen molar-refractivity contribution in [1.29, 1.82) is 0 Å². The molecule has 0 aromatic heterocycles. The highest BCUT2D eigenvalue weighted by molar-refractivity contribution is 5.85. The number of carbonyl (C=O) groups is 1. The van der Waals surface area contributed by atoms with Crippen LogP contribution in [0.4, 0.5) is 0 Å². The number of likely N-dealkylation sites (N-methyl/N-ethyl adjacent to an activating group) is 1. The van der Waals surface area contributed by atoms with E-state index in [1.165, 1.54) is 12.8 Å². The number of nitrogens with zero attached hydrogens (tertiary/aromatic N) is 1. The first-order valence-corrected chi connectivity index (χ1v) is 7.91. The van der Waals surface area contributed by atoms with Gasteiger partial charge in [-0.05, 0) is 31.4 Å². The average Bonchev–Trinajstić information content (AvgIpc) is 2.97. The van der Waals surface area contributed by atoms with E-state index in [0.717, 1.165) is 24.2 Å². The van der Waals surface area contributed by atoms with Gasteiger partial charge in [-0.1, -0.05) is 31.0 Å².